The highest BCUT2D eigenvalue weighted by Crippen LogP contribution is 2.30. The molecule has 3 aromatic rings. The first-order valence-corrected chi connectivity index (χ1v) is 9.71. The van der Waals surface area contributed by atoms with Crippen molar-refractivity contribution in [1.82, 2.24) is 0 Å². The van der Waals surface area contributed by atoms with Crippen molar-refractivity contribution in [2.45, 2.75) is 6.61 Å². The lowest BCUT2D eigenvalue weighted by atomic mass is 10.1. The summed E-state index contributed by atoms with van der Waals surface area (Å²) >= 11 is 6.15. The van der Waals surface area contributed by atoms with Gasteiger partial charge in [0, 0.05) is 0 Å². The molecule has 0 heterocycles. The minimum absolute atomic E-state index is 0.0260. The average Bonchev–Trinajstić information content (AvgIpc) is 2.79. The smallest absolute Gasteiger partial charge is 0.337 e. The number of hydrogen-bond acceptors (Lipinski definition) is 4. The number of carboxylic acids is 1. The number of methoxy groups -OCH3 is 1. The number of carbonyl (C=O) groups is 2. The molecule has 0 saturated heterocycles. The molecule has 7 heteroatoms. The Morgan fingerprint density at radius 3 is 2.42 bits per heavy atom. The predicted molar refractivity (Wildman–Crippen MR) is 120 cm³/mol. The summed E-state index contributed by atoms with van der Waals surface area (Å²) < 4.78 is 11.2. The van der Waals surface area contributed by atoms with Crippen molar-refractivity contribution in [3.8, 4) is 11.5 Å². The maximum atomic E-state index is 12.4. The minimum Gasteiger partial charge on any atom is -0.493 e. The van der Waals surface area contributed by atoms with Crippen LogP contribution in [0.5, 0.6) is 11.5 Å². The molecule has 0 aliphatic carbocycles. The zero-order valence-corrected chi connectivity index (χ0v) is 17.4. The number of anilines is 1. The molecule has 0 aliphatic heterocycles. The minimum atomic E-state index is -1.15. The zero-order valence-electron chi connectivity index (χ0n) is 16.7. The second-order valence-electron chi connectivity index (χ2n) is 6.48. The fourth-order valence-corrected chi connectivity index (χ4v) is 2.97. The maximum absolute atomic E-state index is 12.4. The predicted octanol–water partition coefficient (Wildman–Crippen LogP) is 5.19. The number of rotatable bonds is 8. The van der Waals surface area contributed by atoms with Crippen LogP contribution in [0.2, 0.25) is 0 Å². The normalized spacial score (nSPS) is 11.0. The first kappa shape index (κ1) is 21.9. The van der Waals surface area contributed by atoms with Crippen molar-refractivity contribution in [3.63, 3.8) is 0 Å². The lowest BCUT2D eigenvalue weighted by Crippen LogP contribution is -2.14. The largest absolute Gasteiger partial charge is 0.493 e. The van der Waals surface area contributed by atoms with Gasteiger partial charge in [-0.2, -0.15) is 0 Å². The zero-order chi connectivity index (χ0) is 22.2. The molecule has 0 spiro atoms. The van der Waals surface area contributed by atoms with E-state index in [1.165, 1.54) is 25.3 Å². The third-order valence-corrected chi connectivity index (χ3v) is 4.62. The van der Waals surface area contributed by atoms with Crippen LogP contribution in [-0.4, -0.2) is 24.1 Å². The monoisotopic (exact) mass is 437 g/mol. The summed E-state index contributed by atoms with van der Waals surface area (Å²) in [4.78, 5) is 23.7. The van der Waals surface area contributed by atoms with E-state index in [1.54, 1.807) is 30.3 Å². The van der Waals surface area contributed by atoms with Gasteiger partial charge < -0.3 is 19.9 Å². The van der Waals surface area contributed by atoms with Gasteiger partial charge in [0.05, 0.1) is 18.4 Å². The first-order valence-electron chi connectivity index (χ1n) is 9.33. The summed E-state index contributed by atoms with van der Waals surface area (Å²) in [5.41, 5.74) is 1.78. The Hall–Kier alpha value is -3.77. The average molecular weight is 438 g/mol. The van der Waals surface area contributed by atoms with Crippen LogP contribution < -0.4 is 14.8 Å². The van der Waals surface area contributed by atoms with E-state index >= 15 is 0 Å². The van der Waals surface area contributed by atoms with E-state index in [0.717, 1.165) is 5.56 Å². The van der Waals surface area contributed by atoms with Crippen molar-refractivity contribution in [2.24, 2.45) is 0 Å². The van der Waals surface area contributed by atoms with Crippen LogP contribution in [0.4, 0.5) is 5.69 Å². The third-order valence-electron chi connectivity index (χ3n) is 4.34. The maximum Gasteiger partial charge on any atom is 0.337 e. The van der Waals surface area contributed by atoms with Crippen molar-refractivity contribution in [2.75, 3.05) is 12.4 Å². The van der Waals surface area contributed by atoms with Crippen LogP contribution >= 0.6 is 11.6 Å². The molecule has 0 aromatic heterocycles. The Labute approximate surface area is 184 Å². The van der Waals surface area contributed by atoms with Crippen LogP contribution in [0.25, 0.3) is 6.08 Å². The summed E-state index contributed by atoms with van der Waals surface area (Å²) in [6.07, 6.45) is 1.46. The van der Waals surface area contributed by atoms with Gasteiger partial charge in [-0.25, -0.2) is 4.79 Å². The number of benzene rings is 3. The van der Waals surface area contributed by atoms with Gasteiger partial charge >= 0.3 is 5.97 Å². The van der Waals surface area contributed by atoms with Crippen LogP contribution in [0.1, 0.15) is 21.5 Å². The highest BCUT2D eigenvalue weighted by atomic mass is 35.5. The second-order valence-corrected chi connectivity index (χ2v) is 6.89. The second kappa shape index (κ2) is 10.3. The van der Waals surface area contributed by atoms with Gasteiger partial charge in [0.15, 0.2) is 11.5 Å². The van der Waals surface area contributed by atoms with Gasteiger partial charge in [0.1, 0.15) is 11.6 Å². The standard InChI is InChI=1S/C24H20ClNO5/c1-30-22-14-17(11-12-21(22)31-15-16-7-3-2-4-8-16)13-19(25)23(27)26-20-10-6-5-9-18(20)24(28)29/h2-14H,15H2,1H3,(H,26,27)(H,28,29)/b19-13-. The highest BCUT2D eigenvalue weighted by Gasteiger charge is 2.14. The van der Waals surface area contributed by atoms with Crippen molar-refractivity contribution in [3.05, 3.63) is 94.5 Å². The Bertz CT molecular complexity index is 1110. The summed E-state index contributed by atoms with van der Waals surface area (Å²) in [6, 6.07) is 21.0. The number of carboxylic acid groups (broad SMARTS) is 1. The Kier molecular flexibility index (Phi) is 7.30. The van der Waals surface area contributed by atoms with Crippen molar-refractivity contribution >= 4 is 35.2 Å². The molecule has 0 atom stereocenters. The topological polar surface area (TPSA) is 84.9 Å². The van der Waals surface area contributed by atoms with E-state index in [1.807, 2.05) is 30.3 Å². The third kappa shape index (κ3) is 5.87. The number of hydrogen-bond donors (Lipinski definition) is 2. The number of nitrogens with one attached hydrogen (secondary N) is 1. The van der Waals surface area contributed by atoms with E-state index in [2.05, 4.69) is 5.32 Å². The van der Waals surface area contributed by atoms with Crippen molar-refractivity contribution in [1.29, 1.82) is 0 Å². The van der Waals surface area contributed by atoms with Crippen LogP contribution in [0, 0.1) is 0 Å². The molecule has 3 aromatic carbocycles. The van der Waals surface area contributed by atoms with Crippen LogP contribution in [0.15, 0.2) is 77.8 Å². The number of ether oxygens (including phenoxy) is 2. The molecule has 0 saturated carbocycles. The molecule has 1 amide bonds. The number of halogens is 1. The molecule has 0 unspecified atom stereocenters. The summed E-state index contributed by atoms with van der Waals surface area (Å²) in [5.74, 6) is -0.726. The van der Waals surface area contributed by atoms with Gasteiger partial charge in [-0.15, -0.1) is 0 Å². The Morgan fingerprint density at radius 1 is 1.00 bits per heavy atom. The highest BCUT2D eigenvalue weighted by molar-refractivity contribution is 6.45. The number of amides is 1. The molecule has 0 aliphatic rings. The molecule has 31 heavy (non-hydrogen) atoms. The van der Waals surface area contributed by atoms with Gasteiger partial charge in [-0.05, 0) is 41.5 Å². The molecular formula is C24H20ClNO5. The van der Waals surface area contributed by atoms with Gasteiger partial charge in [-0.3, -0.25) is 4.79 Å². The van der Waals surface area contributed by atoms with Gasteiger partial charge in [-0.1, -0.05) is 60.1 Å². The molecule has 3 rings (SSSR count). The van der Waals surface area contributed by atoms with E-state index < -0.39 is 11.9 Å². The summed E-state index contributed by atoms with van der Waals surface area (Å²) in [7, 11) is 1.52. The fraction of sp³-hybridized carbons (Fsp3) is 0.0833. The number of carbonyl (C=O) groups excluding carboxylic acids is 1. The van der Waals surface area contributed by atoms with Gasteiger partial charge in [0.25, 0.3) is 5.91 Å². The van der Waals surface area contributed by atoms with E-state index in [-0.39, 0.29) is 16.3 Å². The molecule has 6 nitrogen and oxygen atoms in total. The Morgan fingerprint density at radius 2 is 1.71 bits per heavy atom. The Balaban J connectivity index is 1.73. The number of para-hydroxylation sites is 1. The molecule has 0 fully saturated rings. The molecular weight excluding hydrogens is 418 g/mol. The van der Waals surface area contributed by atoms with E-state index in [4.69, 9.17) is 21.1 Å². The summed E-state index contributed by atoms with van der Waals surface area (Å²) in [6.45, 7) is 0.387. The molecule has 0 bridgehead atoms. The van der Waals surface area contributed by atoms with E-state index in [0.29, 0.717) is 23.7 Å². The molecule has 0 radical (unpaired) electrons. The van der Waals surface area contributed by atoms with Crippen LogP contribution in [-0.2, 0) is 11.4 Å². The van der Waals surface area contributed by atoms with Crippen molar-refractivity contribution < 1.29 is 24.2 Å². The van der Waals surface area contributed by atoms with Gasteiger partial charge in [0.2, 0.25) is 0 Å². The SMILES string of the molecule is COc1cc(/C=C(\Cl)C(=O)Nc2ccccc2C(=O)O)ccc1OCc1ccccc1. The lowest BCUT2D eigenvalue weighted by Gasteiger charge is -2.12. The summed E-state index contributed by atoms with van der Waals surface area (Å²) in [5, 5.41) is 11.6. The number of aromatic carboxylic acids is 1. The molecule has 2 N–H and O–H groups in total. The quantitative estimate of drug-likeness (QED) is 0.474. The van der Waals surface area contributed by atoms with Crippen LogP contribution in [0.3, 0.4) is 0 Å². The van der Waals surface area contributed by atoms with E-state index in [9.17, 15) is 14.7 Å². The first-order chi connectivity index (χ1) is 15.0. The fourth-order valence-electron chi connectivity index (χ4n) is 2.80. The molecule has 158 valence electrons. The lowest BCUT2D eigenvalue weighted by molar-refractivity contribution is -0.112.